The highest BCUT2D eigenvalue weighted by Crippen LogP contribution is 2.22. The second kappa shape index (κ2) is 3.97. The molecular weight excluding hydrogens is 124 g/mol. The lowest BCUT2D eigenvalue weighted by Crippen LogP contribution is -2.04. The summed E-state index contributed by atoms with van der Waals surface area (Å²) in [4.78, 5) is 0. The maximum atomic E-state index is 5.30. The summed E-state index contributed by atoms with van der Waals surface area (Å²) < 4.78 is 5.30. The number of hydrogen-bond acceptors (Lipinski definition) is 1. The zero-order valence-electron chi connectivity index (χ0n) is 7.10. The van der Waals surface area contributed by atoms with E-state index in [1.165, 1.54) is 19.3 Å². The third-order valence-corrected chi connectivity index (χ3v) is 2.46. The normalized spacial score (nSPS) is 28.8. The zero-order chi connectivity index (χ0) is 7.40. The second-order valence-corrected chi connectivity index (χ2v) is 3.48. The van der Waals surface area contributed by atoms with Crippen LogP contribution in [0.4, 0.5) is 0 Å². The minimum absolute atomic E-state index is 0.870. The van der Waals surface area contributed by atoms with E-state index in [-0.39, 0.29) is 0 Å². The molecular formula is C9H18O. The zero-order valence-corrected chi connectivity index (χ0v) is 7.10. The quantitative estimate of drug-likeness (QED) is 0.588. The van der Waals surface area contributed by atoms with Crippen molar-refractivity contribution in [3.63, 3.8) is 0 Å². The summed E-state index contributed by atoms with van der Waals surface area (Å²) in [7, 11) is 0. The fourth-order valence-corrected chi connectivity index (χ4v) is 1.50. The Morgan fingerprint density at radius 1 is 1.60 bits per heavy atom. The molecule has 1 aliphatic heterocycles. The van der Waals surface area contributed by atoms with Crippen molar-refractivity contribution in [3.8, 4) is 0 Å². The Balaban J connectivity index is 2.11. The maximum Gasteiger partial charge on any atom is 0.0495 e. The first-order chi connectivity index (χ1) is 4.83. The molecule has 1 nitrogen and oxygen atoms in total. The van der Waals surface area contributed by atoms with E-state index in [9.17, 15) is 0 Å². The number of ether oxygens (including phenoxy) is 1. The van der Waals surface area contributed by atoms with Gasteiger partial charge in [0.1, 0.15) is 0 Å². The first-order valence-corrected chi connectivity index (χ1v) is 4.40. The van der Waals surface area contributed by atoms with Crippen molar-refractivity contribution >= 4 is 0 Å². The van der Waals surface area contributed by atoms with Gasteiger partial charge in [0, 0.05) is 13.2 Å². The summed E-state index contributed by atoms with van der Waals surface area (Å²) >= 11 is 0. The smallest absolute Gasteiger partial charge is 0.0495 e. The third-order valence-electron chi connectivity index (χ3n) is 2.46. The van der Waals surface area contributed by atoms with Gasteiger partial charge in [0.2, 0.25) is 0 Å². The van der Waals surface area contributed by atoms with Crippen molar-refractivity contribution in [3.05, 3.63) is 0 Å². The summed E-state index contributed by atoms with van der Waals surface area (Å²) in [6, 6.07) is 0. The van der Waals surface area contributed by atoms with Gasteiger partial charge in [-0.15, -0.1) is 0 Å². The molecule has 1 heterocycles. The van der Waals surface area contributed by atoms with Crippen LogP contribution in [0.3, 0.4) is 0 Å². The Kier molecular flexibility index (Phi) is 3.20. The lowest BCUT2D eigenvalue weighted by Gasteiger charge is -2.12. The van der Waals surface area contributed by atoms with Crippen LogP contribution in [0.2, 0.25) is 0 Å². The first kappa shape index (κ1) is 8.06. The Labute approximate surface area is 63.8 Å². The molecule has 0 saturated carbocycles. The molecule has 0 aromatic carbocycles. The van der Waals surface area contributed by atoms with Crippen molar-refractivity contribution in [2.45, 2.75) is 33.1 Å². The molecule has 0 N–H and O–H groups in total. The monoisotopic (exact) mass is 142 g/mol. The molecule has 1 fully saturated rings. The average Bonchev–Trinajstić information content (AvgIpc) is 2.40. The summed E-state index contributed by atoms with van der Waals surface area (Å²) in [5, 5.41) is 0. The summed E-state index contributed by atoms with van der Waals surface area (Å²) in [6.45, 7) is 6.62. The van der Waals surface area contributed by atoms with Crippen LogP contribution in [0.25, 0.3) is 0 Å². The maximum absolute atomic E-state index is 5.30. The molecule has 0 aromatic heterocycles. The fraction of sp³-hybridized carbons (Fsp3) is 1.00. The van der Waals surface area contributed by atoms with Gasteiger partial charge in [-0.25, -0.2) is 0 Å². The molecule has 1 heteroatoms. The standard InChI is InChI=1S/C9H18O/c1-3-8(2)6-9-4-5-10-7-9/h8-9H,3-7H2,1-2H3. The van der Waals surface area contributed by atoms with E-state index in [0.29, 0.717) is 0 Å². The van der Waals surface area contributed by atoms with Crippen LogP contribution in [-0.2, 0) is 4.74 Å². The molecule has 2 unspecified atom stereocenters. The lowest BCUT2D eigenvalue weighted by molar-refractivity contribution is 0.180. The van der Waals surface area contributed by atoms with Gasteiger partial charge in [0.05, 0.1) is 0 Å². The number of rotatable bonds is 3. The molecule has 1 aliphatic rings. The van der Waals surface area contributed by atoms with Crippen molar-refractivity contribution in [1.29, 1.82) is 0 Å². The van der Waals surface area contributed by atoms with Crippen molar-refractivity contribution in [2.24, 2.45) is 11.8 Å². The largest absolute Gasteiger partial charge is 0.381 e. The predicted molar refractivity (Wildman–Crippen MR) is 43.0 cm³/mol. The van der Waals surface area contributed by atoms with Crippen LogP contribution in [0.5, 0.6) is 0 Å². The van der Waals surface area contributed by atoms with Crippen LogP contribution in [-0.4, -0.2) is 13.2 Å². The summed E-state index contributed by atoms with van der Waals surface area (Å²) in [6.07, 6.45) is 3.98. The Morgan fingerprint density at radius 3 is 2.90 bits per heavy atom. The Morgan fingerprint density at radius 2 is 2.40 bits per heavy atom. The Bertz CT molecular complexity index is 84.7. The minimum atomic E-state index is 0.870. The summed E-state index contributed by atoms with van der Waals surface area (Å²) in [5.41, 5.74) is 0. The minimum Gasteiger partial charge on any atom is -0.381 e. The summed E-state index contributed by atoms with van der Waals surface area (Å²) in [5.74, 6) is 1.77. The van der Waals surface area contributed by atoms with E-state index >= 15 is 0 Å². The van der Waals surface area contributed by atoms with Crippen LogP contribution in [0, 0.1) is 11.8 Å². The fourth-order valence-electron chi connectivity index (χ4n) is 1.50. The van der Waals surface area contributed by atoms with Gasteiger partial charge in [-0.3, -0.25) is 0 Å². The molecule has 1 saturated heterocycles. The molecule has 0 radical (unpaired) electrons. The van der Waals surface area contributed by atoms with Gasteiger partial charge in [0.25, 0.3) is 0 Å². The van der Waals surface area contributed by atoms with Gasteiger partial charge in [0.15, 0.2) is 0 Å². The molecule has 0 spiro atoms. The molecule has 2 atom stereocenters. The van der Waals surface area contributed by atoms with Gasteiger partial charge >= 0.3 is 0 Å². The third kappa shape index (κ3) is 2.30. The first-order valence-electron chi connectivity index (χ1n) is 4.40. The van der Waals surface area contributed by atoms with E-state index in [0.717, 1.165) is 25.0 Å². The Hall–Kier alpha value is -0.0400. The highest BCUT2D eigenvalue weighted by Gasteiger charge is 2.17. The van der Waals surface area contributed by atoms with Gasteiger partial charge in [-0.2, -0.15) is 0 Å². The van der Waals surface area contributed by atoms with Gasteiger partial charge in [-0.05, 0) is 24.7 Å². The van der Waals surface area contributed by atoms with Gasteiger partial charge < -0.3 is 4.74 Å². The lowest BCUT2D eigenvalue weighted by atomic mass is 9.94. The van der Waals surface area contributed by atoms with E-state index in [1.54, 1.807) is 0 Å². The van der Waals surface area contributed by atoms with Crippen molar-refractivity contribution in [2.75, 3.05) is 13.2 Å². The van der Waals surface area contributed by atoms with E-state index in [1.807, 2.05) is 0 Å². The predicted octanol–water partition coefficient (Wildman–Crippen LogP) is 2.46. The molecule has 0 amide bonds. The van der Waals surface area contributed by atoms with E-state index in [2.05, 4.69) is 13.8 Å². The second-order valence-electron chi connectivity index (χ2n) is 3.48. The van der Waals surface area contributed by atoms with Crippen LogP contribution < -0.4 is 0 Å². The molecule has 10 heavy (non-hydrogen) atoms. The highest BCUT2D eigenvalue weighted by atomic mass is 16.5. The number of hydrogen-bond donors (Lipinski definition) is 0. The molecule has 0 aliphatic carbocycles. The molecule has 60 valence electrons. The van der Waals surface area contributed by atoms with Crippen LogP contribution >= 0.6 is 0 Å². The van der Waals surface area contributed by atoms with Crippen molar-refractivity contribution in [1.82, 2.24) is 0 Å². The van der Waals surface area contributed by atoms with Crippen molar-refractivity contribution < 1.29 is 4.74 Å². The van der Waals surface area contributed by atoms with E-state index in [4.69, 9.17) is 4.74 Å². The molecule has 1 rings (SSSR count). The molecule has 0 aromatic rings. The van der Waals surface area contributed by atoms with Gasteiger partial charge in [-0.1, -0.05) is 20.3 Å². The van der Waals surface area contributed by atoms with E-state index < -0.39 is 0 Å². The van der Waals surface area contributed by atoms with Crippen LogP contribution in [0.15, 0.2) is 0 Å². The molecule has 0 bridgehead atoms. The average molecular weight is 142 g/mol. The highest BCUT2D eigenvalue weighted by molar-refractivity contribution is 4.66. The SMILES string of the molecule is CCC(C)CC1CCOC1. The van der Waals surface area contributed by atoms with Crippen LogP contribution in [0.1, 0.15) is 33.1 Å². The topological polar surface area (TPSA) is 9.23 Å².